The lowest BCUT2D eigenvalue weighted by Gasteiger charge is -2.10. The summed E-state index contributed by atoms with van der Waals surface area (Å²) in [5.74, 6) is -1.05. The second-order valence-electron chi connectivity index (χ2n) is 6.83. The van der Waals surface area contributed by atoms with E-state index in [-0.39, 0.29) is 15.5 Å². The predicted molar refractivity (Wildman–Crippen MR) is 118 cm³/mol. The van der Waals surface area contributed by atoms with E-state index < -0.39 is 15.8 Å². The molecule has 1 aromatic heterocycles. The highest BCUT2D eigenvalue weighted by Gasteiger charge is 2.29. The zero-order valence-corrected chi connectivity index (χ0v) is 18.6. The van der Waals surface area contributed by atoms with E-state index in [1.54, 1.807) is 36.4 Å². The number of aromatic carboxylic acids is 1. The highest BCUT2D eigenvalue weighted by molar-refractivity contribution is 9.10. The minimum absolute atomic E-state index is 0.0948. The summed E-state index contributed by atoms with van der Waals surface area (Å²) >= 11 is 3.31. The summed E-state index contributed by atoms with van der Waals surface area (Å²) < 4.78 is 28.9. The molecule has 0 aliphatic carbocycles. The Morgan fingerprint density at radius 1 is 0.935 bits per heavy atom. The van der Waals surface area contributed by atoms with E-state index in [2.05, 4.69) is 26.2 Å². The van der Waals surface area contributed by atoms with E-state index in [0.717, 1.165) is 10.0 Å². The fourth-order valence-corrected chi connectivity index (χ4v) is 4.64. The number of carboxylic acid groups (broad SMARTS) is 1. The molecule has 0 radical (unpaired) electrons. The van der Waals surface area contributed by atoms with Crippen LogP contribution in [-0.4, -0.2) is 34.5 Å². The molecule has 4 rings (SSSR count). The second-order valence-corrected chi connectivity index (χ2v) is 9.61. The van der Waals surface area contributed by atoms with Gasteiger partial charge < -0.3 is 5.11 Å². The van der Waals surface area contributed by atoms with Crippen molar-refractivity contribution in [1.29, 1.82) is 0 Å². The van der Waals surface area contributed by atoms with Crippen molar-refractivity contribution in [1.82, 2.24) is 15.0 Å². The molecule has 7 nitrogen and oxygen atoms in total. The van der Waals surface area contributed by atoms with Gasteiger partial charge in [0.25, 0.3) is 0 Å². The van der Waals surface area contributed by atoms with E-state index >= 15 is 0 Å². The van der Waals surface area contributed by atoms with Gasteiger partial charge in [0.05, 0.1) is 16.1 Å². The lowest BCUT2D eigenvalue weighted by molar-refractivity contribution is 0.0697. The number of hydrogen-bond acceptors (Lipinski definition) is 5. The number of aryl methyl sites for hydroxylation is 1. The maximum atomic E-state index is 13.4. The first-order valence-electron chi connectivity index (χ1n) is 9.14. The normalized spacial score (nSPS) is 11.4. The van der Waals surface area contributed by atoms with Crippen molar-refractivity contribution in [3.63, 3.8) is 0 Å². The lowest BCUT2D eigenvalue weighted by Crippen LogP contribution is -2.06. The van der Waals surface area contributed by atoms with Crippen LogP contribution in [0.25, 0.3) is 16.9 Å². The minimum atomic E-state index is -3.96. The summed E-state index contributed by atoms with van der Waals surface area (Å²) in [5.41, 5.74) is 2.54. The number of nitrogens with zero attached hydrogens (tertiary/aromatic N) is 3. The summed E-state index contributed by atoms with van der Waals surface area (Å²) in [5, 5.41) is 17.1. The minimum Gasteiger partial charge on any atom is -0.478 e. The summed E-state index contributed by atoms with van der Waals surface area (Å²) in [6, 6.07) is 19.6. The van der Waals surface area contributed by atoms with Crippen molar-refractivity contribution in [2.24, 2.45) is 0 Å². The molecule has 0 aliphatic rings. The van der Waals surface area contributed by atoms with Crippen LogP contribution in [-0.2, 0) is 9.84 Å². The molecular weight excluding hydrogens is 482 g/mol. The summed E-state index contributed by atoms with van der Waals surface area (Å²) in [6.45, 7) is 1.93. The Bertz CT molecular complexity index is 1360. The van der Waals surface area contributed by atoms with Gasteiger partial charge in [-0.05, 0) is 55.5 Å². The molecule has 0 unspecified atom stereocenters. The molecule has 0 bridgehead atoms. The third kappa shape index (κ3) is 4.01. The Morgan fingerprint density at radius 3 is 2.13 bits per heavy atom. The van der Waals surface area contributed by atoms with Crippen LogP contribution in [0.1, 0.15) is 15.9 Å². The van der Waals surface area contributed by atoms with Crippen LogP contribution in [0.2, 0.25) is 0 Å². The molecule has 1 heterocycles. The number of benzene rings is 3. The first-order chi connectivity index (χ1) is 14.8. The second kappa shape index (κ2) is 8.09. The Balaban J connectivity index is 1.93. The van der Waals surface area contributed by atoms with E-state index in [1.165, 1.54) is 28.9 Å². The van der Waals surface area contributed by atoms with E-state index in [1.807, 2.05) is 19.1 Å². The van der Waals surface area contributed by atoms with Crippen molar-refractivity contribution < 1.29 is 18.3 Å². The quantitative estimate of drug-likeness (QED) is 0.434. The zero-order chi connectivity index (χ0) is 22.2. The van der Waals surface area contributed by atoms with Crippen LogP contribution in [0.3, 0.4) is 0 Å². The molecule has 3 aromatic carbocycles. The van der Waals surface area contributed by atoms with Gasteiger partial charge in [-0.25, -0.2) is 17.9 Å². The fourth-order valence-electron chi connectivity index (χ4n) is 3.06. The van der Waals surface area contributed by atoms with Gasteiger partial charge in [0.2, 0.25) is 14.9 Å². The van der Waals surface area contributed by atoms with Gasteiger partial charge in [-0.1, -0.05) is 51.0 Å². The zero-order valence-electron chi connectivity index (χ0n) is 16.2. The summed E-state index contributed by atoms with van der Waals surface area (Å²) in [6.07, 6.45) is 0. The number of rotatable bonds is 5. The SMILES string of the molecule is Cc1ccc(-c2c(S(=O)(=O)c3ccc(Br)cc3)nnn2-c2ccc(C(=O)O)cc2)cc1. The van der Waals surface area contributed by atoms with Crippen molar-refractivity contribution in [3.8, 4) is 16.9 Å². The van der Waals surface area contributed by atoms with Crippen molar-refractivity contribution >= 4 is 31.7 Å². The average molecular weight is 498 g/mol. The predicted octanol–water partition coefficient (Wildman–Crippen LogP) is 4.54. The van der Waals surface area contributed by atoms with Crippen LogP contribution >= 0.6 is 15.9 Å². The maximum Gasteiger partial charge on any atom is 0.335 e. The molecule has 156 valence electrons. The largest absolute Gasteiger partial charge is 0.478 e. The highest BCUT2D eigenvalue weighted by atomic mass is 79.9. The van der Waals surface area contributed by atoms with Crippen molar-refractivity contribution in [3.05, 3.63) is 88.4 Å². The van der Waals surface area contributed by atoms with Crippen LogP contribution in [0.5, 0.6) is 0 Å². The van der Waals surface area contributed by atoms with Crippen LogP contribution < -0.4 is 0 Å². The number of halogens is 1. The number of sulfone groups is 1. The molecule has 4 aromatic rings. The van der Waals surface area contributed by atoms with E-state index in [0.29, 0.717) is 16.9 Å². The highest BCUT2D eigenvalue weighted by Crippen LogP contribution is 2.32. The summed E-state index contributed by atoms with van der Waals surface area (Å²) in [4.78, 5) is 11.3. The lowest BCUT2D eigenvalue weighted by atomic mass is 10.1. The number of hydrogen-bond donors (Lipinski definition) is 1. The Labute approximate surface area is 187 Å². The molecule has 0 spiro atoms. The molecule has 31 heavy (non-hydrogen) atoms. The molecule has 9 heteroatoms. The number of aromatic nitrogens is 3. The summed E-state index contributed by atoms with van der Waals surface area (Å²) in [7, 11) is -3.96. The van der Waals surface area contributed by atoms with Gasteiger partial charge in [0.1, 0.15) is 5.69 Å². The number of carbonyl (C=O) groups is 1. The van der Waals surface area contributed by atoms with E-state index in [9.17, 15) is 13.2 Å². The van der Waals surface area contributed by atoms with Crippen molar-refractivity contribution in [2.75, 3.05) is 0 Å². The third-order valence-electron chi connectivity index (χ3n) is 4.70. The molecule has 0 saturated carbocycles. The third-order valence-corrected chi connectivity index (χ3v) is 6.91. The van der Waals surface area contributed by atoms with Gasteiger partial charge in [-0.2, -0.15) is 0 Å². The van der Waals surface area contributed by atoms with Gasteiger partial charge in [0.15, 0.2) is 0 Å². The van der Waals surface area contributed by atoms with Crippen LogP contribution in [0.4, 0.5) is 0 Å². The molecule has 1 N–H and O–H groups in total. The molecule has 0 aliphatic heterocycles. The first kappa shape index (κ1) is 21.0. The van der Waals surface area contributed by atoms with Gasteiger partial charge in [-0.15, -0.1) is 5.10 Å². The van der Waals surface area contributed by atoms with E-state index in [4.69, 9.17) is 5.11 Å². The standard InChI is InChI=1S/C22H16BrN3O4S/c1-14-2-4-15(5-3-14)20-21(31(29,30)19-12-8-17(23)9-13-19)24-25-26(20)18-10-6-16(7-11-18)22(27)28/h2-13H,1H3,(H,27,28). The van der Waals surface area contributed by atoms with Gasteiger partial charge in [0, 0.05) is 10.0 Å². The Morgan fingerprint density at radius 2 is 1.55 bits per heavy atom. The molecule has 0 atom stereocenters. The Kier molecular flexibility index (Phi) is 5.47. The average Bonchev–Trinajstić information content (AvgIpc) is 3.21. The smallest absolute Gasteiger partial charge is 0.335 e. The fraction of sp³-hybridized carbons (Fsp3) is 0.0455. The number of carboxylic acids is 1. The van der Waals surface area contributed by atoms with Gasteiger partial charge in [-0.3, -0.25) is 0 Å². The van der Waals surface area contributed by atoms with Crippen LogP contribution in [0.15, 0.2) is 87.2 Å². The van der Waals surface area contributed by atoms with Gasteiger partial charge >= 0.3 is 5.97 Å². The molecular formula is C22H16BrN3O4S. The topological polar surface area (TPSA) is 102 Å². The van der Waals surface area contributed by atoms with Crippen LogP contribution in [0, 0.1) is 6.92 Å². The molecule has 0 fully saturated rings. The molecule has 0 amide bonds. The maximum absolute atomic E-state index is 13.4. The molecule has 0 saturated heterocycles. The monoisotopic (exact) mass is 497 g/mol. The first-order valence-corrected chi connectivity index (χ1v) is 11.4. The Hall–Kier alpha value is -3.30. The van der Waals surface area contributed by atoms with Crippen molar-refractivity contribution in [2.45, 2.75) is 16.8 Å².